The highest BCUT2D eigenvalue weighted by Crippen LogP contribution is 2.20. The normalized spacial score (nSPS) is 16.5. The number of nitrogens with zero attached hydrogens (tertiary/aromatic N) is 3. The lowest BCUT2D eigenvalue weighted by molar-refractivity contribution is 0.0915. The third-order valence-electron chi connectivity index (χ3n) is 4.84. The van der Waals surface area contributed by atoms with Crippen LogP contribution in [0.5, 0.6) is 0 Å². The van der Waals surface area contributed by atoms with E-state index in [0.29, 0.717) is 0 Å². The molecule has 1 atom stereocenters. The van der Waals surface area contributed by atoms with Gasteiger partial charge in [-0.2, -0.15) is 0 Å². The predicted molar refractivity (Wildman–Crippen MR) is 111 cm³/mol. The summed E-state index contributed by atoms with van der Waals surface area (Å²) in [5.74, 6) is -0.999. The Morgan fingerprint density at radius 1 is 1.26 bits per heavy atom. The van der Waals surface area contributed by atoms with Gasteiger partial charge in [0, 0.05) is 6.42 Å². The second-order valence-corrected chi connectivity index (χ2v) is 9.40. The number of nitrogens with one attached hydrogen (secondary N) is 3. The van der Waals surface area contributed by atoms with Gasteiger partial charge in [0.05, 0.1) is 29.9 Å². The van der Waals surface area contributed by atoms with Crippen LogP contribution in [-0.4, -0.2) is 41.5 Å². The first-order valence-corrected chi connectivity index (χ1v) is 11.5. The van der Waals surface area contributed by atoms with Crippen molar-refractivity contribution in [3.05, 3.63) is 48.2 Å². The minimum atomic E-state index is -3.91. The minimum absolute atomic E-state index is 0.0227. The number of carbonyl (C=O) groups is 1. The van der Waals surface area contributed by atoms with Crippen molar-refractivity contribution in [3.8, 4) is 0 Å². The summed E-state index contributed by atoms with van der Waals surface area (Å²) in [6, 6.07) is 2.98. The van der Waals surface area contributed by atoms with Crippen molar-refractivity contribution in [1.29, 1.82) is 0 Å². The quantitative estimate of drug-likeness (QED) is 0.344. The number of carbonyl (C=O) groups excluding carboxylic acids is 1. The Kier molecular flexibility index (Phi) is 7.55. The summed E-state index contributed by atoms with van der Waals surface area (Å²) in [7, 11) is -3.91. The highest BCUT2D eigenvalue weighted by molar-refractivity contribution is 7.90. The molecule has 3 rings (SSSR count). The number of halogens is 1. The number of rotatable bonds is 6. The van der Waals surface area contributed by atoms with Crippen LogP contribution >= 0.6 is 0 Å². The number of guanidine groups is 1. The van der Waals surface area contributed by atoms with Crippen LogP contribution in [0.2, 0.25) is 0 Å². The first kappa shape index (κ1) is 22.7. The average Bonchev–Trinajstić information content (AvgIpc) is 3.29. The third kappa shape index (κ3) is 6.74. The molecule has 10 nitrogen and oxygen atoms in total. The number of hydrogen-bond donors (Lipinski definition) is 3. The molecule has 2 aromatic heterocycles. The molecule has 168 valence electrons. The summed E-state index contributed by atoms with van der Waals surface area (Å²) < 4.78 is 46.1. The number of aromatic nitrogens is 2. The van der Waals surface area contributed by atoms with Crippen LogP contribution < -0.4 is 15.6 Å². The van der Waals surface area contributed by atoms with Crippen LogP contribution in [0.15, 0.2) is 40.2 Å². The number of hydrogen-bond acceptors (Lipinski definition) is 7. The van der Waals surface area contributed by atoms with E-state index in [1.807, 2.05) is 0 Å². The van der Waals surface area contributed by atoms with Crippen molar-refractivity contribution in [1.82, 2.24) is 25.5 Å². The topological polar surface area (TPSA) is 139 Å². The van der Waals surface area contributed by atoms with E-state index in [1.54, 1.807) is 6.07 Å². The molecule has 3 N–H and O–H groups in total. The Hall–Kier alpha value is -3.02. The van der Waals surface area contributed by atoms with Crippen LogP contribution in [-0.2, 0) is 16.4 Å². The molecule has 1 aliphatic carbocycles. The van der Waals surface area contributed by atoms with Crippen molar-refractivity contribution >= 4 is 21.9 Å². The number of amides is 1. The lowest BCUT2D eigenvalue weighted by Gasteiger charge is -2.21. The Labute approximate surface area is 179 Å². The number of furan rings is 1. The van der Waals surface area contributed by atoms with Gasteiger partial charge in [0.1, 0.15) is 5.82 Å². The van der Waals surface area contributed by atoms with E-state index in [1.165, 1.54) is 19.3 Å². The molecule has 0 aliphatic heterocycles. The van der Waals surface area contributed by atoms with Gasteiger partial charge in [-0.25, -0.2) is 27.8 Å². The lowest BCUT2D eigenvalue weighted by Crippen LogP contribution is -2.52. The van der Waals surface area contributed by atoms with Gasteiger partial charge in [0.15, 0.2) is 11.6 Å². The SMILES string of the molecule is C[C@@H](Cc1ncc(F)cn1)S(=O)(=O)NC(=NC1CCCCC1)NNC(=O)c1ccco1. The zero-order valence-corrected chi connectivity index (χ0v) is 17.9. The zero-order chi connectivity index (χ0) is 22.3. The number of hydrazine groups is 1. The van der Waals surface area contributed by atoms with Crippen molar-refractivity contribution in [2.75, 3.05) is 0 Å². The molecule has 0 saturated heterocycles. The largest absolute Gasteiger partial charge is 0.459 e. The monoisotopic (exact) mass is 452 g/mol. The van der Waals surface area contributed by atoms with Gasteiger partial charge in [-0.15, -0.1) is 0 Å². The molecule has 0 radical (unpaired) electrons. The van der Waals surface area contributed by atoms with Gasteiger partial charge in [0.25, 0.3) is 0 Å². The van der Waals surface area contributed by atoms with Gasteiger partial charge in [-0.3, -0.25) is 20.4 Å². The maximum Gasteiger partial charge on any atom is 0.305 e. The fourth-order valence-corrected chi connectivity index (χ4v) is 4.05. The summed E-state index contributed by atoms with van der Waals surface area (Å²) in [6.45, 7) is 1.48. The summed E-state index contributed by atoms with van der Waals surface area (Å²) >= 11 is 0. The van der Waals surface area contributed by atoms with E-state index in [2.05, 4.69) is 30.5 Å². The third-order valence-corrected chi connectivity index (χ3v) is 6.54. The first-order chi connectivity index (χ1) is 14.8. The Morgan fingerprint density at radius 3 is 2.61 bits per heavy atom. The van der Waals surface area contributed by atoms with Crippen LogP contribution in [0.3, 0.4) is 0 Å². The molecular formula is C19H25FN6O4S. The molecule has 0 aromatic carbocycles. The van der Waals surface area contributed by atoms with Crippen molar-refractivity contribution < 1.29 is 22.0 Å². The Morgan fingerprint density at radius 2 is 1.97 bits per heavy atom. The molecule has 1 fully saturated rings. The standard InChI is InChI=1S/C19H25FN6O4S/c1-13(10-17-21-11-14(20)12-22-17)31(28,29)26-19(23-15-6-3-2-4-7-15)25-24-18(27)16-8-5-9-30-16/h5,8-9,11-13,15H,2-4,6-7,10H2,1H3,(H,24,27)(H2,23,25,26)/t13-/m0/s1. The maximum absolute atomic E-state index is 13.0. The highest BCUT2D eigenvalue weighted by Gasteiger charge is 2.25. The summed E-state index contributed by atoms with van der Waals surface area (Å²) in [6.07, 6.45) is 8.09. The Balaban J connectivity index is 1.69. The summed E-state index contributed by atoms with van der Waals surface area (Å²) in [5, 5.41) is -0.933. The molecule has 0 spiro atoms. The van der Waals surface area contributed by atoms with Crippen molar-refractivity contribution in [2.24, 2.45) is 4.99 Å². The molecule has 1 saturated carbocycles. The van der Waals surface area contributed by atoms with Gasteiger partial charge in [0.2, 0.25) is 16.0 Å². The Bertz CT molecular complexity index is 989. The zero-order valence-electron chi connectivity index (χ0n) is 17.0. The fourth-order valence-electron chi connectivity index (χ4n) is 3.11. The number of sulfonamides is 1. The van der Waals surface area contributed by atoms with E-state index in [-0.39, 0.29) is 30.0 Å². The van der Waals surface area contributed by atoms with Crippen molar-refractivity contribution in [3.63, 3.8) is 0 Å². The van der Waals surface area contributed by atoms with Crippen LogP contribution in [0.25, 0.3) is 0 Å². The average molecular weight is 453 g/mol. The summed E-state index contributed by atoms with van der Waals surface area (Å²) in [5.41, 5.74) is 4.94. The maximum atomic E-state index is 13.0. The molecule has 1 aliphatic rings. The van der Waals surface area contributed by atoms with E-state index in [4.69, 9.17) is 4.42 Å². The van der Waals surface area contributed by atoms with Crippen LogP contribution in [0, 0.1) is 5.82 Å². The van der Waals surface area contributed by atoms with Gasteiger partial charge in [-0.1, -0.05) is 19.3 Å². The number of aliphatic imine (C=N–C) groups is 1. The predicted octanol–water partition coefficient (Wildman–Crippen LogP) is 1.68. The van der Waals surface area contributed by atoms with E-state index in [0.717, 1.165) is 44.5 Å². The molecule has 12 heteroatoms. The molecular weight excluding hydrogens is 427 g/mol. The second kappa shape index (κ2) is 10.3. The van der Waals surface area contributed by atoms with Gasteiger partial charge >= 0.3 is 5.91 Å². The van der Waals surface area contributed by atoms with Gasteiger partial charge in [-0.05, 0) is 31.9 Å². The minimum Gasteiger partial charge on any atom is -0.459 e. The molecule has 31 heavy (non-hydrogen) atoms. The van der Waals surface area contributed by atoms with E-state index >= 15 is 0 Å². The molecule has 0 unspecified atom stereocenters. The van der Waals surface area contributed by atoms with Crippen molar-refractivity contribution in [2.45, 2.75) is 56.7 Å². The van der Waals surface area contributed by atoms with E-state index < -0.39 is 27.0 Å². The molecule has 2 aromatic rings. The first-order valence-electron chi connectivity index (χ1n) is 9.99. The molecule has 1 amide bonds. The second-order valence-electron chi connectivity index (χ2n) is 7.31. The highest BCUT2D eigenvalue weighted by atomic mass is 32.2. The summed E-state index contributed by atoms with van der Waals surface area (Å²) in [4.78, 5) is 24.2. The van der Waals surface area contributed by atoms with E-state index in [9.17, 15) is 17.6 Å². The van der Waals surface area contributed by atoms with Gasteiger partial charge < -0.3 is 4.42 Å². The molecule has 2 heterocycles. The smallest absolute Gasteiger partial charge is 0.305 e. The van der Waals surface area contributed by atoms with Crippen LogP contribution in [0.1, 0.15) is 55.4 Å². The fraction of sp³-hybridized carbons (Fsp3) is 0.474. The lowest BCUT2D eigenvalue weighted by atomic mass is 9.96. The van der Waals surface area contributed by atoms with Crippen LogP contribution in [0.4, 0.5) is 4.39 Å². The molecule has 0 bridgehead atoms.